The number of alkyl halides is 2. The van der Waals surface area contributed by atoms with Gasteiger partial charge in [-0.25, -0.2) is 8.78 Å². The van der Waals surface area contributed by atoms with Crippen LogP contribution in [0, 0.1) is 10.1 Å². The van der Waals surface area contributed by atoms with E-state index in [1.807, 2.05) is 0 Å². The highest BCUT2D eigenvalue weighted by atomic mass is 79.9. The Kier molecular flexibility index (Phi) is 2.86. The lowest BCUT2D eigenvalue weighted by atomic mass is 10.3. The van der Waals surface area contributed by atoms with Crippen molar-refractivity contribution in [2.45, 2.75) is 6.43 Å². The lowest BCUT2D eigenvalue weighted by molar-refractivity contribution is -0.391. The van der Waals surface area contributed by atoms with Gasteiger partial charge in [0.05, 0.1) is 0 Å². The van der Waals surface area contributed by atoms with Crippen molar-refractivity contribution in [1.82, 2.24) is 4.98 Å². The van der Waals surface area contributed by atoms with Gasteiger partial charge in [-0.3, -0.25) is 0 Å². The number of nitrogens with zero attached hydrogens (tertiary/aromatic N) is 2. The van der Waals surface area contributed by atoms with E-state index in [2.05, 4.69) is 20.9 Å². The first-order valence-corrected chi connectivity index (χ1v) is 3.90. The van der Waals surface area contributed by atoms with Gasteiger partial charge < -0.3 is 10.1 Å². The molecule has 0 bridgehead atoms. The number of aromatic nitrogens is 1. The molecule has 1 aromatic rings. The zero-order valence-corrected chi connectivity index (χ0v) is 7.66. The van der Waals surface area contributed by atoms with Crippen LogP contribution in [0.4, 0.5) is 14.6 Å². The molecule has 4 nitrogen and oxygen atoms in total. The lowest BCUT2D eigenvalue weighted by Crippen LogP contribution is -1.99. The SMILES string of the molecule is O=[N+]([O-])c1nccc(Br)c1C(F)F. The maximum atomic E-state index is 12.3. The van der Waals surface area contributed by atoms with Gasteiger partial charge in [0.1, 0.15) is 11.8 Å². The van der Waals surface area contributed by atoms with Gasteiger partial charge in [0.15, 0.2) is 0 Å². The molecule has 0 aliphatic carbocycles. The van der Waals surface area contributed by atoms with Crippen LogP contribution >= 0.6 is 15.9 Å². The molecule has 0 amide bonds. The van der Waals surface area contributed by atoms with Gasteiger partial charge in [0, 0.05) is 4.47 Å². The second kappa shape index (κ2) is 3.73. The van der Waals surface area contributed by atoms with Crippen LogP contribution in [0.2, 0.25) is 0 Å². The van der Waals surface area contributed by atoms with E-state index in [9.17, 15) is 18.9 Å². The van der Waals surface area contributed by atoms with Crippen LogP contribution in [0.15, 0.2) is 16.7 Å². The second-order valence-corrected chi connectivity index (χ2v) is 2.94. The van der Waals surface area contributed by atoms with Crippen molar-refractivity contribution in [3.8, 4) is 0 Å². The molecule has 70 valence electrons. The average molecular weight is 253 g/mol. The van der Waals surface area contributed by atoms with Crippen molar-refractivity contribution in [2.24, 2.45) is 0 Å². The maximum Gasteiger partial charge on any atom is 0.373 e. The summed E-state index contributed by atoms with van der Waals surface area (Å²) in [6.07, 6.45) is -1.82. The van der Waals surface area contributed by atoms with Gasteiger partial charge in [-0.15, -0.1) is 0 Å². The highest BCUT2D eigenvalue weighted by Crippen LogP contribution is 2.32. The summed E-state index contributed by atoms with van der Waals surface area (Å²) < 4.78 is 24.5. The first-order chi connectivity index (χ1) is 6.04. The van der Waals surface area contributed by atoms with Crippen LogP contribution in [0.1, 0.15) is 12.0 Å². The Balaban J connectivity index is 3.34. The largest absolute Gasteiger partial charge is 0.373 e. The monoisotopic (exact) mass is 252 g/mol. The number of pyridine rings is 1. The van der Waals surface area contributed by atoms with Crippen molar-refractivity contribution < 1.29 is 13.7 Å². The third-order valence-electron chi connectivity index (χ3n) is 1.31. The number of rotatable bonds is 2. The molecule has 0 saturated carbocycles. The predicted octanol–water partition coefficient (Wildman–Crippen LogP) is 2.69. The summed E-state index contributed by atoms with van der Waals surface area (Å²) in [7, 11) is 0. The van der Waals surface area contributed by atoms with Crippen molar-refractivity contribution in [1.29, 1.82) is 0 Å². The van der Waals surface area contributed by atoms with Crippen LogP contribution in [0.25, 0.3) is 0 Å². The van der Waals surface area contributed by atoms with E-state index in [0.717, 1.165) is 6.20 Å². The van der Waals surface area contributed by atoms with Crippen molar-refractivity contribution in [3.63, 3.8) is 0 Å². The van der Waals surface area contributed by atoms with E-state index in [1.165, 1.54) is 6.07 Å². The molecule has 0 aromatic carbocycles. The normalized spacial score (nSPS) is 10.5. The summed E-state index contributed by atoms with van der Waals surface area (Å²) in [5.41, 5.74) is -0.687. The second-order valence-electron chi connectivity index (χ2n) is 2.09. The standard InChI is InChI=1S/C6H3BrF2N2O2/c7-3-1-2-10-6(11(12)13)4(3)5(8)9/h1-2,5H. The molecular weight excluding hydrogens is 250 g/mol. The lowest BCUT2D eigenvalue weighted by Gasteiger charge is -2.02. The molecule has 0 saturated heterocycles. The molecule has 0 aliphatic heterocycles. The van der Waals surface area contributed by atoms with E-state index in [0.29, 0.717) is 0 Å². The van der Waals surface area contributed by atoms with E-state index in [-0.39, 0.29) is 4.47 Å². The number of hydrogen-bond acceptors (Lipinski definition) is 3. The summed E-state index contributed by atoms with van der Waals surface area (Å²) >= 11 is 2.79. The van der Waals surface area contributed by atoms with Crippen LogP contribution < -0.4 is 0 Å². The molecule has 7 heteroatoms. The number of halogens is 3. The summed E-state index contributed by atoms with van der Waals surface area (Å²) in [5.74, 6) is -0.815. The molecule has 0 fully saturated rings. The topological polar surface area (TPSA) is 56.0 Å². The van der Waals surface area contributed by atoms with E-state index >= 15 is 0 Å². The fraction of sp³-hybridized carbons (Fsp3) is 0.167. The summed E-state index contributed by atoms with van der Waals surface area (Å²) in [6.45, 7) is 0. The predicted molar refractivity (Wildman–Crippen MR) is 43.5 cm³/mol. The zero-order valence-electron chi connectivity index (χ0n) is 6.08. The molecule has 0 N–H and O–H groups in total. The molecule has 0 atom stereocenters. The molecule has 0 aliphatic rings. The van der Waals surface area contributed by atoms with Crippen molar-refractivity contribution in [3.05, 3.63) is 32.4 Å². The van der Waals surface area contributed by atoms with Gasteiger partial charge in [-0.1, -0.05) is 0 Å². The van der Waals surface area contributed by atoms with Crippen molar-refractivity contribution in [2.75, 3.05) is 0 Å². The molecule has 0 radical (unpaired) electrons. The third-order valence-corrected chi connectivity index (χ3v) is 2.00. The highest BCUT2D eigenvalue weighted by molar-refractivity contribution is 9.10. The van der Waals surface area contributed by atoms with Gasteiger partial charge >= 0.3 is 5.82 Å². The Labute approximate surface area is 79.9 Å². The average Bonchev–Trinajstić information content (AvgIpc) is 2.02. The highest BCUT2D eigenvalue weighted by Gasteiger charge is 2.25. The van der Waals surface area contributed by atoms with Crippen LogP contribution in [-0.2, 0) is 0 Å². The van der Waals surface area contributed by atoms with E-state index < -0.39 is 22.7 Å². The van der Waals surface area contributed by atoms with E-state index in [1.54, 1.807) is 0 Å². The van der Waals surface area contributed by atoms with Gasteiger partial charge in [0.2, 0.25) is 0 Å². The van der Waals surface area contributed by atoms with Crippen LogP contribution in [-0.4, -0.2) is 9.91 Å². The van der Waals surface area contributed by atoms with Gasteiger partial charge in [-0.05, 0) is 31.9 Å². The molecule has 13 heavy (non-hydrogen) atoms. The number of hydrogen-bond donors (Lipinski definition) is 0. The molecule has 1 heterocycles. The van der Waals surface area contributed by atoms with Gasteiger partial charge in [-0.2, -0.15) is 0 Å². The summed E-state index contributed by atoms with van der Waals surface area (Å²) in [6, 6.07) is 1.23. The fourth-order valence-corrected chi connectivity index (χ4v) is 1.26. The van der Waals surface area contributed by atoms with Crippen LogP contribution in [0.3, 0.4) is 0 Å². The molecule has 0 spiro atoms. The first-order valence-electron chi connectivity index (χ1n) is 3.11. The van der Waals surface area contributed by atoms with Crippen LogP contribution in [0.5, 0.6) is 0 Å². The molecule has 1 aromatic heterocycles. The summed E-state index contributed by atoms with van der Waals surface area (Å²) in [5, 5.41) is 10.3. The Hall–Kier alpha value is -1.11. The molecule has 1 rings (SSSR count). The minimum absolute atomic E-state index is 0.01000. The minimum atomic E-state index is -2.91. The van der Waals surface area contributed by atoms with Gasteiger partial charge in [0.25, 0.3) is 6.43 Å². The Bertz CT molecular complexity index is 345. The first kappa shape index (κ1) is 9.97. The zero-order chi connectivity index (χ0) is 10.0. The Morgan fingerprint density at radius 3 is 2.62 bits per heavy atom. The quantitative estimate of drug-likeness (QED) is 0.601. The number of nitro groups is 1. The maximum absolute atomic E-state index is 12.3. The smallest absolute Gasteiger partial charge is 0.358 e. The fourth-order valence-electron chi connectivity index (χ4n) is 0.787. The summed E-state index contributed by atoms with van der Waals surface area (Å²) in [4.78, 5) is 12.6. The Morgan fingerprint density at radius 1 is 1.62 bits per heavy atom. The Morgan fingerprint density at radius 2 is 2.23 bits per heavy atom. The third kappa shape index (κ3) is 1.97. The molecular formula is C6H3BrF2N2O2. The van der Waals surface area contributed by atoms with Crippen molar-refractivity contribution >= 4 is 21.7 Å². The minimum Gasteiger partial charge on any atom is -0.358 e. The van der Waals surface area contributed by atoms with E-state index in [4.69, 9.17) is 0 Å². The molecule has 0 unspecified atom stereocenters.